The summed E-state index contributed by atoms with van der Waals surface area (Å²) in [4.78, 5) is 2.47. The molecule has 1 aliphatic heterocycles. The van der Waals surface area contributed by atoms with E-state index < -0.39 is 0 Å². The molecule has 3 nitrogen and oxygen atoms in total. The van der Waals surface area contributed by atoms with Gasteiger partial charge in [-0.3, -0.25) is 0 Å². The number of piperidine rings is 1. The molecule has 138 valence electrons. The second kappa shape index (κ2) is 8.77. The van der Waals surface area contributed by atoms with E-state index >= 15 is 0 Å². The number of anilines is 1. The Balaban J connectivity index is 1.38. The summed E-state index contributed by atoms with van der Waals surface area (Å²) in [5.41, 5.74) is 4.55. The lowest BCUT2D eigenvalue weighted by Crippen LogP contribution is -2.29. The SMILES string of the molecule is Clc1ccc(CSc2ccc(-c3ccc(N4CCCCC4)cc3)nn2)cc1. The molecule has 0 bridgehead atoms. The van der Waals surface area contributed by atoms with Crippen molar-refractivity contribution in [3.63, 3.8) is 0 Å². The van der Waals surface area contributed by atoms with Crippen molar-refractivity contribution in [1.82, 2.24) is 10.2 Å². The highest BCUT2D eigenvalue weighted by atomic mass is 35.5. The maximum Gasteiger partial charge on any atom is 0.119 e. The Morgan fingerprint density at radius 2 is 1.56 bits per heavy atom. The molecule has 1 aliphatic rings. The number of aromatic nitrogens is 2. The van der Waals surface area contributed by atoms with E-state index in [0.717, 1.165) is 27.1 Å². The van der Waals surface area contributed by atoms with Crippen LogP contribution in [0.2, 0.25) is 5.02 Å². The molecule has 0 N–H and O–H groups in total. The molecule has 0 spiro atoms. The molecule has 3 aromatic rings. The van der Waals surface area contributed by atoms with Crippen LogP contribution in [0.3, 0.4) is 0 Å². The van der Waals surface area contributed by atoms with E-state index in [2.05, 4.69) is 39.4 Å². The number of nitrogens with zero attached hydrogens (tertiary/aromatic N) is 3. The van der Waals surface area contributed by atoms with Crippen LogP contribution in [0.1, 0.15) is 24.8 Å². The monoisotopic (exact) mass is 395 g/mol. The molecule has 5 heteroatoms. The number of hydrogen-bond donors (Lipinski definition) is 0. The van der Waals surface area contributed by atoms with Crippen molar-refractivity contribution in [3.8, 4) is 11.3 Å². The Morgan fingerprint density at radius 3 is 2.22 bits per heavy atom. The van der Waals surface area contributed by atoms with E-state index in [1.807, 2.05) is 36.4 Å². The number of benzene rings is 2. The highest BCUT2D eigenvalue weighted by molar-refractivity contribution is 7.98. The number of rotatable bonds is 5. The first-order valence-corrected chi connectivity index (χ1v) is 10.7. The van der Waals surface area contributed by atoms with Gasteiger partial charge >= 0.3 is 0 Å². The zero-order chi connectivity index (χ0) is 18.5. The summed E-state index contributed by atoms with van der Waals surface area (Å²) in [6, 6.07) is 20.7. The molecule has 0 atom stereocenters. The lowest BCUT2D eigenvalue weighted by atomic mass is 10.1. The molecule has 0 radical (unpaired) electrons. The van der Waals surface area contributed by atoms with Crippen molar-refractivity contribution in [2.45, 2.75) is 30.0 Å². The smallest absolute Gasteiger partial charge is 0.119 e. The van der Waals surface area contributed by atoms with Crippen molar-refractivity contribution in [2.75, 3.05) is 18.0 Å². The zero-order valence-corrected chi connectivity index (χ0v) is 16.7. The first-order chi connectivity index (χ1) is 13.3. The quantitative estimate of drug-likeness (QED) is 0.489. The lowest BCUT2D eigenvalue weighted by molar-refractivity contribution is 0.578. The van der Waals surface area contributed by atoms with Crippen molar-refractivity contribution in [3.05, 3.63) is 71.2 Å². The van der Waals surface area contributed by atoms with Gasteiger partial charge in [-0.25, -0.2) is 0 Å². The summed E-state index contributed by atoms with van der Waals surface area (Å²) >= 11 is 7.61. The Kier molecular flexibility index (Phi) is 5.95. The first-order valence-electron chi connectivity index (χ1n) is 9.34. The lowest BCUT2D eigenvalue weighted by Gasteiger charge is -2.28. The molecule has 2 heterocycles. The van der Waals surface area contributed by atoms with Crippen molar-refractivity contribution < 1.29 is 0 Å². The summed E-state index contributed by atoms with van der Waals surface area (Å²) in [6.07, 6.45) is 3.94. The third-order valence-corrected chi connectivity index (χ3v) is 6.07. The molecular formula is C22H22ClN3S. The molecule has 4 rings (SSSR count). The Hall–Kier alpha value is -2.04. The van der Waals surface area contributed by atoms with Crippen LogP contribution in [-0.4, -0.2) is 23.3 Å². The fraction of sp³-hybridized carbons (Fsp3) is 0.273. The van der Waals surface area contributed by atoms with Crippen LogP contribution < -0.4 is 4.90 Å². The third-order valence-electron chi connectivity index (χ3n) is 4.82. The third kappa shape index (κ3) is 4.82. The van der Waals surface area contributed by atoms with Gasteiger partial charge in [0, 0.05) is 35.1 Å². The van der Waals surface area contributed by atoms with Crippen LogP contribution in [-0.2, 0) is 5.75 Å². The number of thioether (sulfide) groups is 1. The van der Waals surface area contributed by atoms with Crippen molar-refractivity contribution >= 4 is 29.1 Å². The van der Waals surface area contributed by atoms with Crippen LogP contribution in [0.15, 0.2) is 65.7 Å². The van der Waals surface area contributed by atoms with Gasteiger partial charge in [0.1, 0.15) is 5.03 Å². The molecular weight excluding hydrogens is 374 g/mol. The van der Waals surface area contributed by atoms with Crippen LogP contribution in [0.5, 0.6) is 0 Å². The standard InChI is InChI=1S/C22H22ClN3S/c23-19-8-4-17(5-9-19)16-27-22-13-12-21(24-25-22)18-6-10-20(11-7-18)26-14-2-1-3-15-26/h4-13H,1-3,14-16H2. The summed E-state index contributed by atoms with van der Waals surface area (Å²) in [5.74, 6) is 0.857. The van der Waals surface area contributed by atoms with E-state index in [4.69, 9.17) is 11.6 Å². The maximum absolute atomic E-state index is 5.93. The number of hydrogen-bond acceptors (Lipinski definition) is 4. The van der Waals surface area contributed by atoms with Gasteiger partial charge in [-0.1, -0.05) is 47.6 Å². The van der Waals surface area contributed by atoms with Crippen LogP contribution in [0.4, 0.5) is 5.69 Å². The van der Waals surface area contributed by atoms with Gasteiger partial charge in [0.05, 0.1) is 5.69 Å². The summed E-state index contributed by atoms with van der Waals surface area (Å²) in [7, 11) is 0. The van der Waals surface area contributed by atoms with Crippen LogP contribution in [0.25, 0.3) is 11.3 Å². The minimum atomic E-state index is 0.763. The van der Waals surface area contributed by atoms with Gasteiger partial charge in [-0.15, -0.1) is 10.2 Å². The van der Waals surface area contributed by atoms with Gasteiger partial charge in [0.15, 0.2) is 0 Å². The largest absolute Gasteiger partial charge is 0.372 e. The highest BCUT2D eigenvalue weighted by Crippen LogP contribution is 2.26. The topological polar surface area (TPSA) is 29.0 Å². The van der Waals surface area contributed by atoms with Crippen LogP contribution >= 0.6 is 23.4 Å². The molecule has 0 saturated carbocycles. The van der Waals surface area contributed by atoms with Crippen LogP contribution in [0, 0.1) is 0 Å². The fourth-order valence-electron chi connectivity index (χ4n) is 3.28. The predicted octanol–water partition coefficient (Wildman–Crippen LogP) is 6.08. The molecule has 27 heavy (non-hydrogen) atoms. The Morgan fingerprint density at radius 1 is 0.815 bits per heavy atom. The van der Waals surface area contributed by atoms with Crippen molar-refractivity contribution in [1.29, 1.82) is 0 Å². The van der Waals surface area contributed by atoms with E-state index in [1.54, 1.807) is 11.8 Å². The minimum Gasteiger partial charge on any atom is -0.372 e. The normalized spacial score (nSPS) is 14.3. The predicted molar refractivity (Wildman–Crippen MR) is 115 cm³/mol. The van der Waals surface area contributed by atoms with E-state index in [-0.39, 0.29) is 0 Å². The van der Waals surface area contributed by atoms with Gasteiger partial charge in [0.25, 0.3) is 0 Å². The van der Waals surface area contributed by atoms with E-state index in [0.29, 0.717) is 0 Å². The minimum absolute atomic E-state index is 0.763. The zero-order valence-electron chi connectivity index (χ0n) is 15.1. The van der Waals surface area contributed by atoms with Gasteiger partial charge in [0.2, 0.25) is 0 Å². The summed E-state index contributed by atoms with van der Waals surface area (Å²) in [6.45, 7) is 2.33. The molecule has 1 saturated heterocycles. The van der Waals surface area contributed by atoms with E-state index in [1.165, 1.54) is 43.6 Å². The molecule has 1 aromatic heterocycles. The van der Waals surface area contributed by atoms with Crippen molar-refractivity contribution in [2.24, 2.45) is 0 Å². The average molecular weight is 396 g/mol. The molecule has 0 unspecified atom stereocenters. The summed E-state index contributed by atoms with van der Waals surface area (Å²) < 4.78 is 0. The van der Waals surface area contributed by atoms with Gasteiger partial charge < -0.3 is 4.90 Å². The van der Waals surface area contributed by atoms with Gasteiger partial charge in [-0.05, 0) is 61.2 Å². The average Bonchev–Trinajstić information content (AvgIpc) is 2.75. The fourth-order valence-corrected chi connectivity index (χ4v) is 4.18. The molecule has 1 fully saturated rings. The molecule has 0 amide bonds. The second-order valence-corrected chi connectivity index (χ2v) is 8.20. The Bertz CT molecular complexity index is 858. The first kappa shape index (κ1) is 18.3. The molecule has 0 aliphatic carbocycles. The Labute approximate surface area is 169 Å². The second-order valence-electron chi connectivity index (χ2n) is 6.77. The van der Waals surface area contributed by atoms with E-state index in [9.17, 15) is 0 Å². The molecule has 2 aromatic carbocycles. The maximum atomic E-state index is 5.93. The highest BCUT2D eigenvalue weighted by Gasteiger charge is 2.11. The van der Waals surface area contributed by atoms with Gasteiger partial charge in [-0.2, -0.15) is 0 Å². The number of halogens is 1. The summed E-state index contributed by atoms with van der Waals surface area (Å²) in [5, 5.41) is 10.5.